The monoisotopic (exact) mass is 267 g/mol. The predicted octanol–water partition coefficient (Wildman–Crippen LogP) is 0.0964. The summed E-state index contributed by atoms with van der Waals surface area (Å²) in [6.07, 6.45) is 0. The summed E-state index contributed by atoms with van der Waals surface area (Å²) in [5.41, 5.74) is -2.73. The Kier molecular flexibility index (Phi) is 2.83. The molecule has 0 aliphatic heterocycles. The lowest BCUT2D eigenvalue weighted by Crippen LogP contribution is -2.29. The molecular formula is C9H7N4O6+. The molecular weight excluding hydrogens is 260 g/mol. The molecule has 0 fully saturated rings. The van der Waals surface area contributed by atoms with E-state index in [4.69, 9.17) is 0 Å². The van der Waals surface area contributed by atoms with Gasteiger partial charge in [-0.05, 0) is 0 Å². The van der Waals surface area contributed by atoms with E-state index < -0.39 is 27.4 Å². The molecule has 0 unspecified atom stereocenters. The molecule has 98 valence electrons. The highest BCUT2D eigenvalue weighted by atomic mass is 16.8. The van der Waals surface area contributed by atoms with Crippen molar-refractivity contribution >= 4 is 22.4 Å². The van der Waals surface area contributed by atoms with Crippen molar-refractivity contribution < 1.29 is 14.7 Å². The first-order valence-electron chi connectivity index (χ1n) is 4.90. The quantitative estimate of drug-likeness (QED) is 0.459. The molecule has 0 bridgehead atoms. The van der Waals surface area contributed by atoms with E-state index in [2.05, 4.69) is 14.8 Å². The molecule has 2 N–H and O–H groups in total. The maximum Gasteiger partial charge on any atom is 0.395 e. The molecule has 1 aromatic heterocycles. The summed E-state index contributed by atoms with van der Waals surface area (Å²) in [5.74, 6) is 0. The van der Waals surface area contributed by atoms with E-state index in [-0.39, 0.29) is 16.0 Å². The van der Waals surface area contributed by atoms with Crippen LogP contribution in [0.15, 0.2) is 21.7 Å². The summed E-state index contributed by atoms with van der Waals surface area (Å²) in [6, 6.07) is 2.01. The van der Waals surface area contributed by atoms with Crippen LogP contribution in [-0.4, -0.2) is 26.9 Å². The average Bonchev–Trinajstić information content (AvgIpc) is 2.37. The van der Waals surface area contributed by atoms with Gasteiger partial charge >= 0.3 is 22.5 Å². The van der Waals surface area contributed by atoms with Gasteiger partial charge in [0.1, 0.15) is 0 Å². The van der Waals surface area contributed by atoms with Crippen LogP contribution in [0.25, 0.3) is 11.0 Å². The van der Waals surface area contributed by atoms with Crippen LogP contribution in [-0.2, 0) is 4.84 Å². The predicted molar refractivity (Wildman–Crippen MR) is 62.1 cm³/mol. The number of rotatable bonds is 3. The highest BCUT2D eigenvalue weighted by Crippen LogP contribution is 2.29. The second kappa shape index (κ2) is 4.33. The highest BCUT2D eigenvalue weighted by Gasteiger charge is 2.30. The summed E-state index contributed by atoms with van der Waals surface area (Å²) < 4.78 is 0. The lowest BCUT2D eigenvalue weighted by molar-refractivity contribution is -0.738. The van der Waals surface area contributed by atoms with Gasteiger partial charge in [0.2, 0.25) is 0 Å². The normalized spacial score (nSPS) is 10.4. The molecule has 1 aromatic carbocycles. The molecule has 0 saturated heterocycles. The number of benzene rings is 1. The number of hydrogen-bond acceptors (Lipinski definition) is 6. The van der Waals surface area contributed by atoms with Crippen molar-refractivity contribution in [3.63, 3.8) is 0 Å². The van der Waals surface area contributed by atoms with Gasteiger partial charge in [-0.15, -0.1) is 0 Å². The molecule has 0 atom stereocenters. The third-order valence-corrected chi connectivity index (χ3v) is 2.38. The second-order valence-corrected chi connectivity index (χ2v) is 3.49. The molecule has 0 radical (unpaired) electrons. The molecule has 0 aliphatic carbocycles. The van der Waals surface area contributed by atoms with Gasteiger partial charge in [-0.1, -0.05) is 0 Å². The minimum absolute atomic E-state index is 0.0320. The summed E-state index contributed by atoms with van der Waals surface area (Å²) in [5, 5.41) is 10.9. The smallest absolute Gasteiger partial charge is 0.316 e. The van der Waals surface area contributed by atoms with Crippen molar-refractivity contribution in [1.82, 2.24) is 9.97 Å². The first kappa shape index (κ1) is 12.4. The Labute approximate surface area is 103 Å². The molecule has 0 amide bonds. The number of hydrogen-bond donors (Lipinski definition) is 2. The molecule has 10 nitrogen and oxygen atoms in total. The Morgan fingerprint density at radius 3 is 1.95 bits per heavy atom. The van der Waals surface area contributed by atoms with Gasteiger partial charge < -0.3 is 9.97 Å². The second-order valence-electron chi connectivity index (χ2n) is 3.49. The minimum Gasteiger partial charge on any atom is -0.316 e. The fourth-order valence-electron chi connectivity index (χ4n) is 1.53. The number of aromatic amines is 2. The zero-order valence-electron chi connectivity index (χ0n) is 9.50. The number of H-pyrrole nitrogens is 2. The van der Waals surface area contributed by atoms with Gasteiger partial charge in [-0.25, -0.2) is 4.84 Å². The molecule has 2 rings (SSSR count). The van der Waals surface area contributed by atoms with Crippen molar-refractivity contribution in [3.05, 3.63) is 47.9 Å². The Hall–Kier alpha value is -3.04. The largest absolute Gasteiger partial charge is 0.395 e. The molecule has 2 aromatic rings. The van der Waals surface area contributed by atoms with Crippen LogP contribution in [0.3, 0.4) is 0 Å². The Morgan fingerprint density at radius 1 is 1.05 bits per heavy atom. The van der Waals surface area contributed by atoms with Crippen molar-refractivity contribution in [2.75, 3.05) is 7.11 Å². The van der Waals surface area contributed by atoms with Crippen LogP contribution in [0.1, 0.15) is 0 Å². The number of nitrogens with zero attached hydrogens (tertiary/aromatic N) is 2. The Balaban J connectivity index is 2.88. The van der Waals surface area contributed by atoms with E-state index in [0.717, 1.165) is 19.2 Å². The summed E-state index contributed by atoms with van der Waals surface area (Å²) >= 11 is 0. The van der Waals surface area contributed by atoms with E-state index in [1.165, 1.54) is 0 Å². The van der Waals surface area contributed by atoms with Crippen LogP contribution in [0.2, 0.25) is 0 Å². The third kappa shape index (κ3) is 2.06. The topological polar surface area (TPSA) is 138 Å². The Morgan fingerprint density at radius 2 is 1.53 bits per heavy atom. The van der Waals surface area contributed by atoms with Crippen molar-refractivity contribution in [2.45, 2.75) is 0 Å². The molecule has 0 saturated carbocycles. The lowest BCUT2D eigenvalue weighted by atomic mass is 10.2. The zero-order chi connectivity index (χ0) is 14.2. The summed E-state index contributed by atoms with van der Waals surface area (Å²) in [6.45, 7) is 0. The SMILES string of the molecule is CO[N+](=O)c1cc2[nH]c(=O)c(=O)[nH]c2cc1[N+](=O)[O-]. The van der Waals surface area contributed by atoms with E-state index >= 15 is 0 Å². The fourth-order valence-corrected chi connectivity index (χ4v) is 1.53. The highest BCUT2D eigenvalue weighted by molar-refractivity contribution is 5.81. The maximum atomic E-state index is 11.4. The molecule has 0 spiro atoms. The fraction of sp³-hybridized carbons (Fsp3) is 0.111. The number of nitrogens with one attached hydrogen (secondary N) is 2. The third-order valence-electron chi connectivity index (χ3n) is 2.38. The van der Waals surface area contributed by atoms with E-state index in [9.17, 15) is 24.6 Å². The van der Waals surface area contributed by atoms with Crippen LogP contribution in [0, 0.1) is 15.0 Å². The van der Waals surface area contributed by atoms with E-state index in [1.807, 2.05) is 0 Å². The van der Waals surface area contributed by atoms with Gasteiger partial charge in [0.25, 0.3) is 4.92 Å². The molecule has 0 aliphatic rings. The first-order chi connectivity index (χ1) is 8.93. The van der Waals surface area contributed by atoms with Gasteiger partial charge in [0.15, 0.2) is 7.11 Å². The summed E-state index contributed by atoms with van der Waals surface area (Å²) in [4.78, 5) is 52.3. The van der Waals surface area contributed by atoms with Gasteiger partial charge in [0, 0.05) is 6.07 Å². The van der Waals surface area contributed by atoms with Crippen LogP contribution in [0.4, 0.5) is 11.4 Å². The van der Waals surface area contributed by atoms with Crippen LogP contribution < -0.4 is 11.1 Å². The van der Waals surface area contributed by atoms with Crippen molar-refractivity contribution in [2.24, 2.45) is 0 Å². The molecule has 19 heavy (non-hydrogen) atoms. The van der Waals surface area contributed by atoms with Crippen molar-refractivity contribution in [1.29, 1.82) is 0 Å². The molecule has 1 heterocycles. The standard InChI is InChI=1S/C9H6N4O6/c1-19-13(18)7-3-5-4(2-6(7)12(16)17)10-8(14)9(15)11-5/h2-3H,1H3,(H-,10,11,14,15,18)/p+1. The summed E-state index contributed by atoms with van der Waals surface area (Å²) in [7, 11) is 1.04. The van der Waals surface area contributed by atoms with Crippen LogP contribution >= 0.6 is 0 Å². The zero-order valence-corrected chi connectivity index (χ0v) is 9.50. The number of nitro benzene ring substituents is 1. The molecule has 10 heteroatoms. The Bertz CT molecular complexity index is 804. The number of nitro groups is 1. The lowest BCUT2D eigenvalue weighted by Gasteiger charge is -1.97. The van der Waals surface area contributed by atoms with Gasteiger partial charge in [-0.3, -0.25) is 19.7 Å². The first-order valence-corrected chi connectivity index (χ1v) is 4.90. The van der Waals surface area contributed by atoms with E-state index in [1.54, 1.807) is 0 Å². The minimum atomic E-state index is -0.944. The van der Waals surface area contributed by atoms with Crippen LogP contribution in [0.5, 0.6) is 0 Å². The van der Waals surface area contributed by atoms with Gasteiger partial charge in [-0.2, -0.15) is 0 Å². The maximum absolute atomic E-state index is 11.4. The van der Waals surface area contributed by atoms with Gasteiger partial charge in [0.05, 0.1) is 26.9 Å². The number of aromatic nitrogens is 2. The average molecular weight is 267 g/mol. The van der Waals surface area contributed by atoms with Crippen molar-refractivity contribution in [3.8, 4) is 0 Å². The number of fused-ring (bicyclic) bond motifs is 1. The van der Waals surface area contributed by atoms with E-state index in [0.29, 0.717) is 0 Å².